The lowest BCUT2D eigenvalue weighted by Gasteiger charge is -2.30. The van der Waals surface area contributed by atoms with Crippen LogP contribution in [-0.2, 0) is 19.1 Å². The summed E-state index contributed by atoms with van der Waals surface area (Å²) in [4.78, 5) is 38.2. The molecule has 0 fully saturated rings. The molecule has 0 saturated heterocycles. The lowest BCUT2D eigenvalue weighted by atomic mass is 10.1. The minimum absolute atomic E-state index is 0.130. The number of nitrogens with one attached hydrogen (secondary N) is 1. The van der Waals surface area contributed by atoms with Crippen molar-refractivity contribution in [3.8, 4) is 5.75 Å². The van der Waals surface area contributed by atoms with Gasteiger partial charge in [0.15, 0.2) is 6.10 Å². The van der Waals surface area contributed by atoms with E-state index in [-0.39, 0.29) is 12.5 Å². The maximum atomic E-state index is 12.8. The van der Waals surface area contributed by atoms with E-state index in [0.717, 1.165) is 5.56 Å². The number of ether oxygens (including phenoxy) is 2. The molecule has 0 radical (unpaired) electrons. The molecule has 0 saturated carbocycles. The third kappa shape index (κ3) is 4.82. The highest BCUT2D eigenvalue weighted by molar-refractivity contribution is 6.11. The van der Waals surface area contributed by atoms with Crippen molar-refractivity contribution in [2.24, 2.45) is 0 Å². The second-order valence-electron chi connectivity index (χ2n) is 6.37. The number of carbonyl (C=O) groups is 3. The van der Waals surface area contributed by atoms with Crippen LogP contribution < -0.4 is 15.0 Å². The Balaban J connectivity index is 1.67. The number of nitrogens with zero attached hydrogens (tertiary/aromatic N) is 1. The van der Waals surface area contributed by atoms with E-state index in [4.69, 9.17) is 9.47 Å². The molecule has 7 nitrogen and oxygen atoms in total. The molecule has 1 atom stereocenters. The molecule has 0 spiro atoms. The number of amides is 2. The molecular weight excluding hydrogens is 372 g/mol. The Kier molecular flexibility index (Phi) is 6.29. The first-order chi connectivity index (χ1) is 14.0. The molecule has 2 amide bonds. The summed E-state index contributed by atoms with van der Waals surface area (Å²) in [6.45, 7) is 3.74. The molecule has 7 heteroatoms. The highest BCUT2D eigenvalue weighted by Crippen LogP contribution is 2.29. The van der Waals surface area contributed by atoms with Crippen LogP contribution in [0, 0.1) is 0 Å². The molecule has 2 aromatic rings. The van der Waals surface area contributed by atoms with E-state index >= 15 is 0 Å². The highest BCUT2D eigenvalue weighted by Gasteiger charge is 2.31. The molecule has 1 aliphatic heterocycles. The molecule has 1 heterocycles. The maximum Gasteiger partial charge on any atom is 0.331 e. The normalized spacial score (nSPS) is 14.1. The molecule has 3 rings (SSSR count). The first-order valence-electron chi connectivity index (χ1n) is 9.30. The van der Waals surface area contributed by atoms with Gasteiger partial charge in [-0.2, -0.15) is 0 Å². The number of hydrogen-bond donors (Lipinski definition) is 1. The third-order valence-electron chi connectivity index (χ3n) is 4.30. The summed E-state index contributed by atoms with van der Waals surface area (Å²) in [6.07, 6.45) is 1.78. The fourth-order valence-corrected chi connectivity index (χ4v) is 2.98. The van der Waals surface area contributed by atoms with Crippen molar-refractivity contribution in [1.82, 2.24) is 0 Å². The zero-order chi connectivity index (χ0) is 20.8. The molecule has 1 aliphatic rings. The topological polar surface area (TPSA) is 84.9 Å². The van der Waals surface area contributed by atoms with Gasteiger partial charge in [-0.05, 0) is 38.1 Å². The van der Waals surface area contributed by atoms with Gasteiger partial charge in [-0.15, -0.1) is 0 Å². The number of anilines is 2. The van der Waals surface area contributed by atoms with Crippen LogP contribution >= 0.6 is 0 Å². The van der Waals surface area contributed by atoms with Gasteiger partial charge in [0.05, 0.1) is 18.0 Å². The minimum atomic E-state index is -1.05. The molecule has 29 heavy (non-hydrogen) atoms. The standard InChI is InChI=1S/C22H22N2O5/c1-3-28-19-11-7-4-8-16(19)12-13-21(26)29-15(2)22(27)24-14-20(25)23-17-9-5-6-10-18(17)24/h4-13,15H,3,14H2,1-2H3,(H,23,25)/b13-12+/t15-/m1/s1. The Labute approximate surface area is 168 Å². The van der Waals surface area contributed by atoms with Crippen LogP contribution in [0.1, 0.15) is 19.4 Å². The number of benzene rings is 2. The fraction of sp³-hybridized carbons (Fsp3) is 0.227. The molecule has 2 aromatic carbocycles. The molecule has 0 aliphatic carbocycles. The lowest BCUT2D eigenvalue weighted by molar-refractivity contribution is -0.149. The predicted molar refractivity (Wildman–Crippen MR) is 110 cm³/mol. The number of para-hydroxylation sites is 3. The molecule has 150 valence electrons. The van der Waals surface area contributed by atoms with Crippen LogP contribution in [0.3, 0.4) is 0 Å². The van der Waals surface area contributed by atoms with Crippen LogP contribution in [0.25, 0.3) is 6.08 Å². The van der Waals surface area contributed by atoms with Crippen molar-refractivity contribution in [1.29, 1.82) is 0 Å². The summed E-state index contributed by atoms with van der Waals surface area (Å²) in [6, 6.07) is 14.3. The fourth-order valence-electron chi connectivity index (χ4n) is 2.98. The Morgan fingerprint density at radius 2 is 1.90 bits per heavy atom. The zero-order valence-electron chi connectivity index (χ0n) is 16.3. The van der Waals surface area contributed by atoms with Gasteiger partial charge in [-0.3, -0.25) is 14.5 Å². The van der Waals surface area contributed by atoms with Gasteiger partial charge in [0.25, 0.3) is 5.91 Å². The van der Waals surface area contributed by atoms with Crippen molar-refractivity contribution in [3.63, 3.8) is 0 Å². The van der Waals surface area contributed by atoms with Crippen molar-refractivity contribution in [2.45, 2.75) is 20.0 Å². The van der Waals surface area contributed by atoms with Gasteiger partial charge in [-0.25, -0.2) is 4.79 Å². The van der Waals surface area contributed by atoms with Crippen molar-refractivity contribution >= 4 is 35.2 Å². The maximum absolute atomic E-state index is 12.8. The predicted octanol–water partition coefficient (Wildman–Crippen LogP) is 3.02. The lowest BCUT2D eigenvalue weighted by Crippen LogP contribution is -2.46. The summed E-state index contributed by atoms with van der Waals surface area (Å²) < 4.78 is 10.8. The molecular formula is C22H22N2O5. The van der Waals surface area contributed by atoms with Crippen molar-refractivity contribution < 1.29 is 23.9 Å². The summed E-state index contributed by atoms with van der Waals surface area (Å²) in [7, 11) is 0. The first-order valence-corrected chi connectivity index (χ1v) is 9.30. The van der Waals surface area contributed by atoms with Crippen molar-refractivity contribution in [3.05, 3.63) is 60.2 Å². The number of fused-ring (bicyclic) bond motifs is 1. The number of rotatable bonds is 6. The molecule has 0 unspecified atom stereocenters. The Morgan fingerprint density at radius 3 is 2.69 bits per heavy atom. The van der Waals surface area contributed by atoms with Gasteiger partial charge < -0.3 is 14.8 Å². The number of carbonyl (C=O) groups excluding carboxylic acids is 3. The van der Waals surface area contributed by atoms with E-state index in [9.17, 15) is 14.4 Å². The monoisotopic (exact) mass is 394 g/mol. The second-order valence-corrected chi connectivity index (χ2v) is 6.37. The van der Waals surface area contributed by atoms with Crippen LogP contribution in [-0.4, -0.2) is 37.0 Å². The van der Waals surface area contributed by atoms with Gasteiger partial charge in [0, 0.05) is 11.6 Å². The van der Waals surface area contributed by atoms with E-state index in [1.165, 1.54) is 17.9 Å². The molecule has 1 N–H and O–H groups in total. The number of esters is 1. The zero-order valence-corrected chi connectivity index (χ0v) is 16.3. The van der Waals surface area contributed by atoms with Gasteiger partial charge in [0.2, 0.25) is 5.91 Å². The summed E-state index contributed by atoms with van der Waals surface area (Å²) in [5, 5.41) is 2.71. The molecule has 0 bridgehead atoms. The Bertz CT molecular complexity index is 954. The van der Waals surface area contributed by atoms with Gasteiger partial charge in [0.1, 0.15) is 12.3 Å². The van der Waals surface area contributed by atoms with E-state index < -0.39 is 18.0 Å². The Hall–Kier alpha value is -3.61. The highest BCUT2D eigenvalue weighted by atomic mass is 16.5. The average molecular weight is 394 g/mol. The van der Waals surface area contributed by atoms with E-state index in [1.807, 2.05) is 25.1 Å². The number of hydrogen-bond acceptors (Lipinski definition) is 5. The smallest absolute Gasteiger partial charge is 0.331 e. The first kappa shape index (κ1) is 20.1. The third-order valence-corrected chi connectivity index (χ3v) is 4.30. The van der Waals surface area contributed by atoms with E-state index in [0.29, 0.717) is 23.7 Å². The quantitative estimate of drug-likeness (QED) is 0.601. The van der Waals surface area contributed by atoms with Crippen LogP contribution in [0.2, 0.25) is 0 Å². The van der Waals surface area contributed by atoms with Gasteiger partial charge in [-0.1, -0.05) is 30.3 Å². The Morgan fingerprint density at radius 1 is 1.17 bits per heavy atom. The van der Waals surface area contributed by atoms with Crippen LogP contribution in [0.5, 0.6) is 5.75 Å². The van der Waals surface area contributed by atoms with Gasteiger partial charge >= 0.3 is 5.97 Å². The van der Waals surface area contributed by atoms with E-state index in [1.54, 1.807) is 36.4 Å². The summed E-state index contributed by atoms with van der Waals surface area (Å²) >= 11 is 0. The van der Waals surface area contributed by atoms with E-state index in [2.05, 4.69) is 5.32 Å². The average Bonchev–Trinajstić information content (AvgIpc) is 2.72. The SMILES string of the molecule is CCOc1ccccc1/C=C/C(=O)O[C@H](C)C(=O)N1CC(=O)Nc2ccccc21. The largest absolute Gasteiger partial charge is 0.493 e. The summed E-state index contributed by atoms with van der Waals surface area (Å²) in [5.41, 5.74) is 1.84. The van der Waals surface area contributed by atoms with Crippen molar-refractivity contribution in [2.75, 3.05) is 23.4 Å². The summed E-state index contributed by atoms with van der Waals surface area (Å²) in [5.74, 6) is -0.780. The second kappa shape index (κ2) is 9.05. The van der Waals surface area contributed by atoms with Crippen LogP contribution in [0.15, 0.2) is 54.6 Å². The minimum Gasteiger partial charge on any atom is -0.493 e. The van der Waals surface area contributed by atoms with Crippen LogP contribution in [0.4, 0.5) is 11.4 Å². The molecule has 0 aromatic heterocycles.